The van der Waals surface area contributed by atoms with Crippen molar-refractivity contribution >= 4 is 5.97 Å². The van der Waals surface area contributed by atoms with E-state index in [1.54, 1.807) is 0 Å². The topological polar surface area (TPSA) is 72.3 Å². The molecule has 1 N–H and O–H groups in total. The van der Waals surface area contributed by atoms with E-state index in [2.05, 4.69) is 31.0 Å². The summed E-state index contributed by atoms with van der Waals surface area (Å²) in [5, 5.41) is 16.0. The fourth-order valence-electron chi connectivity index (χ4n) is 1.63. The molecule has 1 aromatic heterocycles. The van der Waals surface area contributed by atoms with Crippen molar-refractivity contribution in [3.63, 3.8) is 0 Å². The van der Waals surface area contributed by atoms with Crippen LogP contribution in [0.2, 0.25) is 0 Å². The van der Waals surface area contributed by atoms with Crippen LogP contribution in [0.25, 0.3) is 0 Å². The van der Waals surface area contributed by atoms with Gasteiger partial charge >= 0.3 is 5.97 Å². The number of carbonyl (C=O) groups is 1. The van der Waals surface area contributed by atoms with Gasteiger partial charge in [0.15, 0.2) is 5.69 Å². The van der Waals surface area contributed by atoms with Gasteiger partial charge in [-0.1, -0.05) is 32.9 Å². The van der Waals surface area contributed by atoms with Gasteiger partial charge in [0.05, 0.1) is 0 Å². The third-order valence-corrected chi connectivity index (χ3v) is 2.80. The molecule has 5 heteroatoms. The number of hydrogen-bond acceptors (Lipinski definition) is 4. The predicted octanol–water partition coefficient (Wildman–Crippen LogP) is 3.26. The summed E-state index contributed by atoms with van der Waals surface area (Å²) in [5.41, 5.74) is 1.18. The highest BCUT2D eigenvalue weighted by Crippen LogP contribution is 2.26. The summed E-state index contributed by atoms with van der Waals surface area (Å²) >= 11 is 0. The van der Waals surface area contributed by atoms with Gasteiger partial charge in [-0.2, -0.15) is 0 Å². The zero-order valence-corrected chi connectivity index (χ0v) is 11.6. The SMILES string of the molecule is CC(C)(C)c1ccc(Oc2ccc(C(=O)O)nn2)cc1. The van der Waals surface area contributed by atoms with Gasteiger partial charge < -0.3 is 9.84 Å². The van der Waals surface area contributed by atoms with Crippen molar-refractivity contribution in [2.45, 2.75) is 26.2 Å². The number of aromatic nitrogens is 2. The second kappa shape index (κ2) is 5.28. The summed E-state index contributed by atoms with van der Waals surface area (Å²) in [7, 11) is 0. The van der Waals surface area contributed by atoms with E-state index < -0.39 is 5.97 Å². The van der Waals surface area contributed by atoms with Gasteiger partial charge in [-0.05, 0) is 29.2 Å². The summed E-state index contributed by atoms with van der Waals surface area (Å²) in [6.45, 7) is 6.41. The molecular weight excluding hydrogens is 256 g/mol. The molecule has 0 amide bonds. The molecule has 0 bridgehead atoms. The molecule has 0 saturated heterocycles. The molecule has 2 rings (SSSR count). The highest BCUT2D eigenvalue weighted by atomic mass is 16.5. The van der Waals surface area contributed by atoms with Gasteiger partial charge in [0.2, 0.25) is 5.88 Å². The van der Waals surface area contributed by atoms with Crippen molar-refractivity contribution in [2.24, 2.45) is 0 Å². The molecule has 0 aliphatic rings. The van der Waals surface area contributed by atoms with Gasteiger partial charge in [0, 0.05) is 6.07 Å². The number of benzene rings is 1. The number of rotatable bonds is 3. The van der Waals surface area contributed by atoms with Crippen LogP contribution in [0.15, 0.2) is 36.4 Å². The molecule has 0 fully saturated rings. The lowest BCUT2D eigenvalue weighted by atomic mass is 9.87. The lowest BCUT2D eigenvalue weighted by molar-refractivity contribution is 0.0689. The summed E-state index contributed by atoms with van der Waals surface area (Å²) in [6, 6.07) is 10.5. The molecule has 0 unspecified atom stereocenters. The smallest absolute Gasteiger partial charge is 0.356 e. The Morgan fingerprint density at radius 1 is 1.05 bits per heavy atom. The molecule has 2 aromatic rings. The lowest BCUT2D eigenvalue weighted by Gasteiger charge is -2.19. The Kier molecular flexibility index (Phi) is 3.70. The molecule has 5 nitrogen and oxygen atoms in total. The van der Waals surface area contributed by atoms with E-state index in [1.807, 2.05) is 24.3 Å². The number of aromatic carboxylic acids is 1. The number of nitrogens with zero attached hydrogens (tertiary/aromatic N) is 2. The Morgan fingerprint density at radius 2 is 1.70 bits per heavy atom. The average Bonchev–Trinajstić information content (AvgIpc) is 2.39. The van der Waals surface area contributed by atoms with Crippen LogP contribution in [0.3, 0.4) is 0 Å². The van der Waals surface area contributed by atoms with E-state index in [4.69, 9.17) is 9.84 Å². The minimum Gasteiger partial charge on any atom is -0.476 e. The van der Waals surface area contributed by atoms with Crippen molar-refractivity contribution in [1.82, 2.24) is 10.2 Å². The van der Waals surface area contributed by atoms with Gasteiger partial charge in [-0.3, -0.25) is 0 Å². The van der Waals surface area contributed by atoms with E-state index in [0.717, 1.165) is 0 Å². The largest absolute Gasteiger partial charge is 0.476 e. The van der Waals surface area contributed by atoms with Crippen LogP contribution in [-0.2, 0) is 5.41 Å². The molecule has 0 atom stereocenters. The van der Waals surface area contributed by atoms with Crippen LogP contribution in [0, 0.1) is 0 Å². The summed E-state index contributed by atoms with van der Waals surface area (Å²) in [5.74, 6) is -0.215. The molecule has 0 aliphatic carbocycles. The Hall–Kier alpha value is -2.43. The predicted molar refractivity (Wildman–Crippen MR) is 74.2 cm³/mol. The molecule has 1 heterocycles. The van der Waals surface area contributed by atoms with Crippen molar-refractivity contribution in [3.8, 4) is 11.6 Å². The van der Waals surface area contributed by atoms with Crippen molar-refractivity contribution < 1.29 is 14.6 Å². The Bertz CT molecular complexity index is 599. The maximum atomic E-state index is 10.7. The maximum Gasteiger partial charge on any atom is 0.356 e. The molecule has 20 heavy (non-hydrogen) atoms. The van der Waals surface area contributed by atoms with Crippen molar-refractivity contribution in [2.75, 3.05) is 0 Å². The van der Waals surface area contributed by atoms with Gasteiger partial charge in [0.25, 0.3) is 0 Å². The van der Waals surface area contributed by atoms with Crippen LogP contribution >= 0.6 is 0 Å². The zero-order chi connectivity index (χ0) is 14.8. The Balaban J connectivity index is 2.12. The van der Waals surface area contributed by atoms with Gasteiger partial charge in [-0.25, -0.2) is 4.79 Å². The van der Waals surface area contributed by atoms with E-state index in [1.165, 1.54) is 17.7 Å². The first-order valence-corrected chi connectivity index (χ1v) is 6.22. The third kappa shape index (κ3) is 3.32. The summed E-state index contributed by atoms with van der Waals surface area (Å²) < 4.78 is 5.51. The third-order valence-electron chi connectivity index (χ3n) is 2.80. The highest BCUT2D eigenvalue weighted by molar-refractivity contribution is 5.84. The van der Waals surface area contributed by atoms with Crippen LogP contribution in [0.1, 0.15) is 36.8 Å². The quantitative estimate of drug-likeness (QED) is 0.928. The lowest BCUT2D eigenvalue weighted by Crippen LogP contribution is -2.10. The molecule has 104 valence electrons. The first kappa shape index (κ1) is 14.0. The first-order valence-electron chi connectivity index (χ1n) is 6.22. The van der Waals surface area contributed by atoms with E-state index in [-0.39, 0.29) is 17.0 Å². The minimum absolute atomic E-state index is 0.0848. The number of carboxylic acids is 1. The molecule has 0 saturated carbocycles. The van der Waals surface area contributed by atoms with Crippen LogP contribution in [0.4, 0.5) is 0 Å². The van der Waals surface area contributed by atoms with Gasteiger partial charge in [-0.15, -0.1) is 10.2 Å². The standard InChI is InChI=1S/C15H16N2O3/c1-15(2,3)10-4-6-11(7-5-10)20-13-9-8-12(14(18)19)16-17-13/h4-9H,1-3H3,(H,18,19). The average molecular weight is 272 g/mol. The Labute approximate surface area is 117 Å². The Morgan fingerprint density at radius 3 is 2.15 bits per heavy atom. The second-order valence-corrected chi connectivity index (χ2v) is 5.44. The second-order valence-electron chi connectivity index (χ2n) is 5.44. The molecule has 0 aliphatic heterocycles. The van der Waals surface area contributed by atoms with Crippen LogP contribution < -0.4 is 4.74 Å². The number of ether oxygens (including phenoxy) is 1. The molecule has 1 aromatic carbocycles. The molecule has 0 spiro atoms. The van der Waals surface area contributed by atoms with E-state index in [9.17, 15) is 4.79 Å². The monoisotopic (exact) mass is 272 g/mol. The highest BCUT2D eigenvalue weighted by Gasteiger charge is 2.13. The number of hydrogen-bond donors (Lipinski definition) is 1. The molecular formula is C15H16N2O3. The summed E-state index contributed by atoms with van der Waals surface area (Å²) in [4.78, 5) is 10.7. The number of carboxylic acid groups (broad SMARTS) is 1. The minimum atomic E-state index is -1.11. The van der Waals surface area contributed by atoms with E-state index in [0.29, 0.717) is 5.75 Å². The first-order chi connectivity index (χ1) is 9.36. The fourth-order valence-corrected chi connectivity index (χ4v) is 1.63. The van der Waals surface area contributed by atoms with Crippen molar-refractivity contribution in [1.29, 1.82) is 0 Å². The van der Waals surface area contributed by atoms with Gasteiger partial charge in [0.1, 0.15) is 5.75 Å². The normalized spacial score (nSPS) is 11.2. The summed E-state index contributed by atoms with van der Waals surface area (Å²) in [6.07, 6.45) is 0. The zero-order valence-electron chi connectivity index (χ0n) is 11.6. The van der Waals surface area contributed by atoms with Crippen molar-refractivity contribution in [3.05, 3.63) is 47.7 Å². The fraction of sp³-hybridized carbons (Fsp3) is 0.267. The van der Waals surface area contributed by atoms with Crippen LogP contribution in [-0.4, -0.2) is 21.3 Å². The molecule has 0 radical (unpaired) electrons. The maximum absolute atomic E-state index is 10.7. The van der Waals surface area contributed by atoms with Crippen LogP contribution in [0.5, 0.6) is 11.6 Å². The van der Waals surface area contributed by atoms with E-state index >= 15 is 0 Å².